The maximum Gasteiger partial charge on any atom is 0.414 e. The lowest BCUT2D eigenvalue weighted by Gasteiger charge is -2.26. The summed E-state index contributed by atoms with van der Waals surface area (Å²) in [7, 11) is 0. The standard InChI is InChI=1S/C15H20N2O2/c1-11-4-2-6-13(8-11)17-10-14(19-15(17)18)12-5-3-7-16-9-12/h2,4,6,8,12,14,16H,3,5,7,9-10H2,1H3. The SMILES string of the molecule is Cc1cccc(N2CC(C3CCCNC3)OC2=O)c1. The van der Waals surface area contributed by atoms with Crippen LogP contribution in [0.5, 0.6) is 0 Å². The van der Waals surface area contributed by atoms with Gasteiger partial charge < -0.3 is 10.1 Å². The lowest BCUT2D eigenvalue weighted by atomic mass is 9.93. The highest BCUT2D eigenvalue weighted by molar-refractivity contribution is 5.89. The van der Waals surface area contributed by atoms with Crippen LogP contribution < -0.4 is 10.2 Å². The molecule has 4 heteroatoms. The minimum Gasteiger partial charge on any atom is -0.444 e. The number of nitrogens with one attached hydrogen (secondary N) is 1. The second-order valence-electron chi connectivity index (χ2n) is 5.48. The molecule has 1 N–H and O–H groups in total. The van der Waals surface area contributed by atoms with Gasteiger partial charge in [0.2, 0.25) is 0 Å². The molecule has 19 heavy (non-hydrogen) atoms. The number of hydrogen-bond acceptors (Lipinski definition) is 3. The third kappa shape index (κ3) is 2.59. The van der Waals surface area contributed by atoms with Crippen LogP contribution in [-0.4, -0.2) is 31.8 Å². The Morgan fingerprint density at radius 3 is 3.05 bits per heavy atom. The van der Waals surface area contributed by atoms with Crippen molar-refractivity contribution in [3.63, 3.8) is 0 Å². The van der Waals surface area contributed by atoms with Gasteiger partial charge in [0.15, 0.2) is 0 Å². The molecule has 2 aliphatic heterocycles. The molecule has 2 saturated heterocycles. The normalized spacial score (nSPS) is 27.4. The van der Waals surface area contributed by atoms with E-state index in [0.29, 0.717) is 12.5 Å². The smallest absolute Gasteiger partial charge is 0.414 e. The fraction of sp³-hybridized carbons (Fsp3) is 0.533. The van der Waals surface area contributed by atoms with Crippen molar-refractivity contribution in [2.75, 3.05) is 24.5 Å². The summed E-state index contributed by atoms with van der Waals surface area (Å²) >= 11 is 0. The molecule has 0 aromatic heterocycles. The predicted octanol–water partition coefficient (Wildman–Crippen LogP) is 2.32. The average Bonchev–Trinajstić information content (AvgIpc) is 2.82. The zero-order valence-corrected chi connectivity index (χ0v) is 11.3. The molecule has 1 aromatic carbocycles. The summed E-state index contributed by atoms with van der Waals surface area (Å²) in [5, 5.41) is 3.38. The van der Waals surface area contributed by atoms with Gasteiger partial charge in [-0.25, -0.2) is 4.79 Å². The topological polar surface area (TPSA) is 41.6 Å². The molecule has 0 saturated carbocycles. The predicted molar refractivity (Wildman–Crippen MR) is 74.4 cm³/mol. The van der Waals surface area contributed by atoms with E-state index in [-0.39, 0.29) is 12.2 Å². The minimum absolute atomic E-state index is 0.0285. The molecule has 2 fully saturated rings. The van der Waals surface area contributed by atoms with Crippen molar-refractivity contribution in [1.82, 2.24) is 5.32 Å². The minimum atomic E-state index is -0.207. The Morgan fingerprint density at radius 2 is 2.32 bits per heavy atom. The van der Waals surface area contributed by atoms with Gasteiger partial charge in [-0.1, -0.05) is 12.1 Å². The van der Waals surface area contributed by atoms with Crippen LogP contribution in [0, 0.1) is 12.8 Å². The molecule has 2 heterocycles. The largest absolute Gasteiger partial charge is 0.444 e. The molecule has 0 radical (unpaired) electrons. The summed E-state index contributed by atoms with van der Waals surface area (Å²) in [6.07, 6.45) is 2.14. The van der Waals surface area contributed by atoms with E-state index in [1.165, 1.54) is 6.42 Å². The van der Waals surface area contributed by atoms with Gasteiger partial charge in [-0.15, -0.1) is 0 Å². The first kappa shape index (κ1) is 12.5. The molecular formula is C15H20N2O2. The van der Waals surface area contributed by atoms with E-state index in [1.807, 2.05) is 31.2 Å². The number of cyclic esters (lactones) is 1. The number of ether oxygens (including phenoxy) is 1. The van der Waals surface area contributed by atoms with Crippen molar-refractivity contribution in [2.24, 2.45) is 5.92 Å². The second-order valence-corrected chi connectivity index (χ2v) is 5.48. The first-order valence-corrected chi connectivity index (χ1v) is 6.99. The Balaban J connectivity index is 1.72. The molecule has 0 bridgehead atoms. The number of amides is 1. The molecule has 1 aromatic rings. The van der Waals surface area contributed by atoms with Crippen LogP contribution in [0.3, 0.4) is 0 Å². The molecule has 3 rings (SSSR count). The highest BCUT2D eigenvalue weighted by Crippen LogP contribution is 2.28. The van der Waals surface area contributed by atoms with Gasteiger partial charge in [-0.05, 0) is 44.0 Å². The van der Waals surface area contributed by atoms with E-state index >= 15 is 0 Å². The summed E-state index contributed by atoms with van der Waals surface area (Å²) in [6, 6.07) is 8.01. The van der Waals surface area contributed by atoms with E-state index in [0.717, 1.165) is 30.8 Å². The fourth-order valence-electron chi connectivity index (χ4n) is 2.93. The van der Waals surface area contributed by atoms with Crippen LogP contribution in [0.4, 0.5) is 10.5 Å². The number of hydrogen-bond donors (Lipinski definition) is 1. The fourth-order valence-corrected chi connectivity index (χ4v) is 2.93. The highest BCUT2D eigenvalue weighted by Gasteiger charge is 2.37. The van der Waals surface area contributed by atoms with Gasteiger partial charge in [0.1, 0.15) is 6.10 Å². The maximum absolute atomic E-state index is 12.0. The number of piperidine rings is 1. The van der Waals surface area contributed by atoms with E-state index in [2.05, 4.69) is 5.32 Å². The summed E-state index contributed by atoms with van der Waals surface area (Å²) in [5.74, 6) is 0.451. The Labute approximate surface area is 113 Å². The summed E-state index contributed by atoms with van der Waals surface area (Å²) in [5.41, 5.74) is 2.10. The van der Waals surface area contributed by atoms with E-state index < -0.39 is 0 Å². The van der Waals surface area contributed by atoms with Crippen LogP contribution in [0.2, 0.25) is 0 Å². The summed E-state index contributed by atoms with van der Waals surface area (Å²) in [6.45, 7) is 4.75. The van der Waals surface area contributed by atoms with Gasteiger partial charge >= 0.3 is 6.09 Å². The first-order valence-electron chi connectivity index (χ1n) is 6.99. The van der Waals surface area contributed by atoms with Crippen molar-refractivity contribution in [3.8, 4) is 0 Å². The van der Waals surface area contributed by atoms with Crippen molar-refractivity contribution in [2.45, 2.75) is 25.9 Å². The van der Waals surface area contributed by atoms with Crippen LogP contribution in [0.1, 0.15) is 18.4 Å². The molecule has 4 nitrogen and oxygen atoms in total. The van der Waals surface area contributed by atoms with Crippen molar-refractivity contribution in [3.05, 3.63) is 29.8 Å². The molecular weight excluding hydrogens is 240 g/mol. The van der Waals surface area contributed by atoms with Crippen LogP contribution in [0.25, 0.3) is 0 Å². The van der Waals surface area contributed by atoms with E-state index in [9.17, 15) is 4.79 Å². The number of carbonyl (C=O) groups is 1. The van der Waals surface area contributed by atoms with Crippen molar-refractivity contribution in [1.29, 1.82) is 0 Å². The van der Waals surface area contributed by atoms with Gasteiger partial charge in [-0.2, -0.15) is 0 Å². The monoisotopic (exact) mass is 260 g/mol. The Hall–Kier alpha value is -1.55. The lowest BCUT2D eigenvalue weighted by Crippen LogP contribution is -2.38. The molecule has 2 aliphatic rings. The Morgan fingerprint density at radius 1 is 1.42 bits per heavy atom. The van der Waals surface area contributed by atoms with Crippen molar-refractivity contribution < 1.29 is 9.53 Å². The van der Waals surface area contributed by atoms with Gasteiger partial charge in [-0.3, -0.25) is 4.90 Å². The lowest BCUT2D eigenvalue weighted by molar-refractivity contribution is 0.0942. The van der Waals surface area contributed by atoms with Gasteiger partial charge in [0, 0.05) is 18.2 Å². The number of carbonyl (C=O) groups excluding carboxylic acids is 1. The molecule has 0 aliphatic carbocycles. The number of benzene rings is 1. The maximum atomic E-state index is 12.0. The molecule has 2 atom stereocenters. The third-order valence-electron chi connectivity index (χ3n) is 4.01. The average molecular weight is 260 g/mol. The molecule has 2 unspecified atom stereocenters. The van der Waals surface area contributed by atoms with Crippen LogP contribution in [-0.2, 0) is 4.74 Å². The number of rotatable bonds is 2. The third-order valence-corrected chi connectivity index (χ3v) is 4.01. The number of aryl methyl sites for hydroxylation is 1. The first-order chi connectivity index (χ1) is 9.24. The Kier molecular flexibility index (Phi) is 3.42. The van der Waals surface area contributed by atoms with Crippen LogP contribution in [0.15, 0.2) is 24.3 Å². The van der Waals surface area contributed by atoms with Gasteiger partial charge in [0.05, 0.1) is 6.54 Å². The van der Waals surface area contributed by atoms with Gasteiger partial charge in [0.25, 0.3) is 0 Å². The van der Waals surface area contributed by atoms with E-state index in [1.54, 1.807) is 4.90 Å². The van der Waals surface area contributed by atoms with Crippen LogP contribution >= 0.6 is 0 Å². The molecule has 0 spiro atoms. The second kappa shape index (κ2) is 5.21. The quantitative estimate of drug-likeness (QED) is 0.887. The molecule has 1 amide bonds. The summed E-state index contributed by atoms with van der Waals surface area (Å²) in [4.78, 5) is 13.8. The molecule has 102 valence electrons. The highest BCUT2D eigenvalue weighted by atomic mass is 16.6. The van der Waals surface area contributed by atoms with Crippen molar-refractivity contribution >= 4 is 11.8 Å². The number of anilines is 1. The van der Waals surface area contributed by atoms with E-state index in [4.69, 9.17) is 4.74 Å². The Bertz CT molecular complexity index is 469. The zero-order valence-electron chi connectivity index (χ0n) is 11.3. The number of nitrogens with zero attached hydrogens (tertiary/aromatic N) is 1. The summed E-state index contributed by atoms with van der Waals surface area (Å²) < 4.78 is 5.55. The zero-order chi connectivity index (χ0) is 13.2.